The average molecular weight is 353 g/mol. The molecule has 5 rings (SSSR count). The number of hydrogen-bond donors (Lipinski definition) is 1. The number of amides is 2. The largest absolute Gasteiger partial charge is 0.347 e. The van der Waals surface area contributed by atoms with Gasteiger partial charge in [0, 0.05) is 18.0 Å². The third kappa shape index (κ3) is 3.07. The standard InChI is InChI=1S/C19H29ClN2O2/c20-19-10-14-7-15(11-19)9-18(8-14,13-19)17(24)21-12-16(23)22-5-3-1-2-4-6-22/h14-15H,1-13H2,(H,21,24). The van der Waals surface area contributed by atoms with Gasteiger partial charge in [-0.3, -0.25) is 9.59 Å². The van der Waals surface area contributed by atoms with Crippen LogP contribution in [0.5, 0.6) is 0 Å². The van der Waals surface area contributed by atoms with Crippen molar-refractivity contribution in [1.29, 1.82) is 0 Å². The van der Waals surface area contributed by atoms with E-state index >= 15 is 0 Å². The zero-order chi connectivity index (χ0) is 16.8. The number of rotatable bonds is 3. The first kappa shape index (κ1) is 16.7. The highest BCUT2D eigenvalue weighted by molar-refractivity contribution is 6.24. The van der Waals surface area contributed by atoms with Crippen molar-refractivity contribution in [3.63, 3.8) is 0 Å². The first-order valence-electron chi connectivity index (χ1n) is 9.73. The van der Waals surface area contributed by atoms with Crippen LogP contribution in [0.25, 0.3) is 0 Å². The fourth-order valence-electron chi connectivity index (χ4n) is 6.19. The number of alkyl halides is 1. The zero-order valence-electron chi connectivity index (χ0n) is 14.5. The van der Waals surface area contributed by atoms with Crippen LogP contribution >= 0.6 is 11.6 Å². The molecular weight excluding hydrogens is 324 g/mol. The molecule has 4 bridgehead atoms. The Morgan fingerprint density at radius 3 is 2.21 bits per heavy atom. The third-order valence-corrected chi connectivity index (χ3v) is 7.27. The molecule has 5 heteroatoms. The van der Waals surface area contributed by atoms with Crippen LogP contribution in [0.3, 0.4) is 0 Å². The number of likely N-dealkylation sites (tertiary alicyclic amines) is 1. The summed E-state index contributed by atoms with van der Waals surface area (Å²) in [6.45, 7) is 1.84. The zero-order valence-corrected chi connectivity index (χ0v) is 15.2. The molecule has 134 valence electrons. The van der Waals surface area contributed by atoms with E-state index in [1.807, 2.05) is 4.90 Å². The number of carbonyl (C=O) groups is 2. The number of halogens is 1. The van der Waals surface area contributed by atoms with Crippen molar-refractivity contribution in [2.45, 2.75) is 69.1 Å². The van der Waals surface area contributed by atoms with Crippen LogP contribution < -0.4 is 5.32 Å². The fraction of sp³-hybridized carbons (Fsp3) is 0.895. The summed E-state index contributed by atoms with van der Waals surface area (Å²) < 4.78 is 0. The van der Waals surface area contributed by atoms with Gasteiger partial charge < -0.3 is 10.2 Å². The lowest BCUT2D eigenvalue weighted by Gasteiger charge is -2.59. The van der Waals surface area contributed by atoms with Crippen LogP contribution in [0.1, 0.15) is 64.2 Å². The lowest BCUT2D eigenvalue weighted by atomic mass is 9.49. The number of nitrogens with zero attached hydrogens (tertiary/aromatic N) is 1. The predicted molar refractivity (Wildman–Crippen MR) is 93.8 cm³/mol. The maximum Gasteiger partial charge on any atom is 0.241 e. The number of nitrogens with one attached hydrogen (secondary N) is 1. The second-order valence-corrected chi connectivity index (χ2v) is 9.67. The van der Waals surface area contributed by atoms with Gasteiger partial charge in [0.1, 0.15) is 0 Å². The first-order valence-corrected chi connectivity index (χ1v) is 10.1. The molecule has 0 aromatic rings. The van der Waals surface area contributed by atoms with Gasteiger partial charge >= 0.3 is 0 Å². The highest BCUT2D eigenvalue weighted by Crippen LogP contribution is 2.63. The van der Waals surface area contributed by atoms with E-state index in [0.717, 1.165) is 58.0 Å². The normalized spacial score (nSPS) is 41.1. The van der Waals surface area contributed by atoms with Crippen LogP contribution in [-0.4, -0.2) is 41.2 Å². The highest BCUT2D eigenvalue weighted by atomic mass is 35.5. The molecule has 0 spiro atoms. The lowest BCUT2D eigenvalue weighted by Crippen LogP contribution is -2.59. The van der Waals surface area contributed by atoms with Crippen LogP contribution in [0.15, 0.2) is 0 Å². The Kier molecular flexibility index (Phi) is 4.30. The van der Waals surface area contributed by atoms with Crippen LogP contribution in [0, 0.1) is 17.3 Å². The molecule has 0 aromatic carbocycles. The Balaban J connectivity index is 1.37. The Morgan fingerprint density at radius 2 is 1.62 bits per heavy atom. The van der Waals surface area contributed by atoms with Gasteiger partial charge in [0.05, 0.1) is 12.0 Å². The maximum atomic E-state index is 13.0. The van der Waals surface area contributed by atoms with E-state index in [2.05, 4.69) is 5.32 Å². The Hall–Kier alpha value is -0.770. The monoisotopic (exact) mass is 352 g/mol. The van der Waals surface area contributed by atoms with Crippen LogP contribution in [0.2, 0.25) is 0 Å². The molecule has 0 aromatic heterocycles. The van der Waals surface area contributed by atoms with Crippen molar-refractivity contribution in [2.24, 2.45) is 17.3 Å². The van der Waals surface area contributed by atoms with Crippen molar-refractivity contribution in [3.05, 3.63) is 0 Å². The molecule has 24 heavy (non-hydrogen) atoms. The van der Waals surface area contributed by atoms with Gasteiger partial charge in [-0.05, 0) is 63.2 Å². The molecule has 1 heterocycles. The molecule has 5 aliphatic rings. The minimum atomic E-state index is -0.301. The summed E-state index contributed by atoms with van der Waals surface area (Å²) in [5, 5.41) is 2.99. The van der Waals surface area contributed by atoms with Crippen molar-refractivity contribution in [3.8, 4) is 0 Å². The Morgan fingerprint density at radius 1 is 1.00 bits per heavy atom. The van der Waals surface area contributed by atoms with Crippen molar-refractivity contribution >= 4 is 23.4 Å². The third-order valence-electron chi connectivity index (χ3n) is 6.83. The maximum absolute atomic E-state index is 13.0. The summed E-state index contributed by atoms with van der Waals surface area (Å²) in [5.41, 5.74) is -0.301. The van der Waals surface area contributed by atoms with Gasteiger partial charge in [-0.2, -0.15) is 0 Å². The van der Waals surface area contributed by atoms with E-state index in [1.54, 1.807) is 0 Å². The first-order chi connectivity index (χ1) is 11.5. The molecule has 1 aliphatic heterocycles. The molecule has 2 atom stereocenters. The van der Waals surface area contributed by atoms with E-state index in [0.29, 0.717) is 11.8 Å². The molecule has 2 amide bonds. The quantitative estimate of drug-likeness (QED) is 0.793. The smallest absolute Gasteiger partial charge is 0.241 e. The van der Waals surface area contributed by atoms with Crippen molar-refractivity contribution in [2.75, 3.05) is 19.6 Å². The molecular formula is C19H29ClN2O2. The van der Waals surface area contributed by atoms with Crippen molar-refractivity contribution < 1.29 is 9.59 Å². The van der Waals surface area contributed by atoms with Gasteiger partial charge in [0.2, 0.25) is 11.8 Å². The van der Waals surface area contributed by atoms with E-state index in [4.69, 9.17) is 11.6 Å². The predicted octanol–water partition coefficient (Wildman–Crippen LogP) is 3.08. The highest BCUT2D eigenvalue weighted by Gasteiger charge is 2.60. The van der Waals surface area contributed by atoms with E-state index in [9.17, 15) is 9.59 Å². The van der Waals surface area contributed by atoms with Gasteiger partial charge in [-0.1, -0.05) is 12.8 Å². The van der Waals surface area contributed by atoms with E-state index in [1.165, 1.54) is 19.3 Å². The van der Waals surface area contributed by atoms with Gasteiger partial charge in [-0.15, -0.1) is 11.6 Å². The Bertz CT molecular complexity index is 513. The molecule has 0 radical (unpaired) electrons. The topological polar surface area (TPSA) is 49.4 Å². The van der Waals surface area contributed by atoms with Crippen molar-refractivity contribution in [1.82, 2.24) is 10.2 Å². The number of hydrogen-bond acceptors (Lipinski definition) is 2. The molecule has 4 aliphatic carbocycles. The van der Waals surface area contributed by atoms with Gasteiger partial charge in [0.25, 0.3) is 0 Å². The summed E-state index contributed by atoms with van der Waals surface area (Å²) in [6.07, 6.45) is 10.7. The van der Waals surface area contributed by atoms with E-state index in [-0.39, 0.29) is 28.6 Å². The summed E-state index contributed by atoms with van der Waals surface area (Å²) >= 11 is 6.81. The molecule has 4 nitrogen and oxygen atoms in total. The molecule has 5 fully saturated rings. The number of carbonyl (C=O) groups excluding carboxylic acids is 2. The SMILES string of the molecule is O=C(CNC(=O)C12CC3CC(CC(Cl)(C3)C1)C2)N1CCCCCC1. The molecule has 1 N–H and O–H groups in total. The average Bonchev–Trinajstić information content (AvgIpc) is 2.79. The minimum Gasteiger partial charge on any atom is -0.347 e. The van der Waals surface area contributed by atoms with Crippen LogP contribution in [-0.2, 0) is 9.59 Å². The Labute approximate surface area is 149 Å². The molecule has 2 unspecified atom stereocenters. The molecule has 4 saturated carbocycles. The van der Waals surface area contributed by atoms with Crippen LogP contribution in [0.4, 0.5) is 0 Å². The second-order valence-electron chi connectivity index (χ2n) is 8.87. The van der Waals surface area contributed by atoms with E-state index < -0.39 is 0 Å². The lowest BCUT2D eigenvalue weighted by molar-refractivity contribution is -0.146. The summed E-state index contributed by atoms with van der Waals surface area (Å²) in [7, 11) is 0. The minimum absolute atomic E-state index is 0.0792. The fourth-order valence-corrected chi connectivity index (χ4v) is 6.88. The van der Waals surface area contributed by atoms with Gasteiger partial charge in [0.15, 0.2) is 0 Å². The summed E-state index contributed by atoms with van der Waals surface area (Å²) in [5.74, 6) is 1.38. The summed E-state index contributed by atoms with van der Waals surface area (Å²) in [4.78, 5) is 27.2. The molecule has 1 saturated heterocycles. The summed E-state index contributed by atoms with van der Waals surface area (Å²) in [6, 6.07) is 0. The second kappa shape index (κ2) is 6.19. The van der Waals surface area contributed by atoms with Gasteiger partial charge in [-0.25, -0.2) is 0 Å².